The number of imidazole rings is 1. The minimum atomic E-state index is -3.01. The van der Waals surface area contributed by atoms with Gasteiger partial charge in [-0.1, -0.05) is 11.8 Å². The lowest BCUT2D eigenvalue weighted by Crippen LogP contribution is -2.14. The predicted molar refractivity (Wildman–Crippen MR) is 75.2 cm³/mol. The normalized spacial score (nSPS) is 11.5. The molecular formula is C9H13N7O2S2. The molecule has 3 N–H and O–H groups in total. The molecule has 108 valence electrons. The van der Waals surface area contributed by atoms with E-state index < -0.39 is 9.84 Å². The molecule has 20 heavy (non-hydrogen) atoms. The Hall–Kier alpha value is -1.72. The predicted octanol–water partition coefficient (Wildman–Crippen LogP) is -0.520. The number of hydrogen-bond donors (Lipinski definition) is 2. The SMILES string of the molecule is CS(=O)(=O)CCSc1nc(NN)nc(-n2ccnc2)n1. The third kappa shape index (κ3) is 4.15. The summed E-state index contributed by atoms with van der Waals surface area (Å²) in [6.45, 7) is 0. The average Bonchev–Trinajstić information content (AvgIpc) is 2.90. The van der Waals surface area contributed by atoms with Gasteiger partial charge in [0, 0.05) is 24.4 Å². The Labute approximate surface area is 119 Å². The highest BCUT2D eigenvalue weighted by atomic mass is 32.2. The van der Waals surface area contributed by atoms with E-state index in [2.05, 4.69) is 25.4 Å². The molecule has 0 aliphatic heterocycles. The molecule has 0 atom stereocenters. The molecule has 0 saturated heterocycles. The number of hydrazine groups is 1. The van der Waals surface area contributed by atoms with Crippen molar-refractivity contribution in [3.05, 3.63) is 18.7 Å². The monoisotopic (exact) mass is 315 g/mol. The van der Waals surface area contributed by atoms with E-state index in [-0.39, 0.29) is 11.7 Å². The molecule has 11 heteroatoms. The highest BCUT2D eigenvalue weighted by Gasteiger charge is 2.09. The van der Waals surface area contributed by atoms with Gasteiger partial charge in [0.2, 0.25) is 11.9 Å². The van der Waals surface area contributed by atoms with E-state index in [0.717, 1.165) is 0 Å². The fourth-order valence-electron chi connectivity index (χ4n) is 1.25. The summed E-state index contributed by atoms with van der Waals surface area (Å²) in [6, 6.07) is 0. The smallest absolute Gasteiger partial charge is 0.242 e. The van der Waals surface area contributed by atoms with E-state index in [1.165, 1.54) is 18.0 Å². The first-order valence-corrected chi connectivity index (χ1v) is 8.54. The molecule has 2 rings (SSSR count). The summed E-state index contributed by atoms with van der Waals surface area (Å²) in [7, 11) is -3.01. The van der Waals surface area contributed by atoms with E-state index in [1.54, 1.807) is 23.3 Å². The lowest BCUT2D eigenvalue weighted by molar-refractivity contribution is 0.603. The van der Waals surface area contributed by atoms with E-state index in [9.17, 15) is 8.42 Å². The van der Waals surface area contributed by atoms with E-state index in [0.29, 0.717) is 16.9 Å². The molecular weight excluding hydrogens is 302 g/mol. The van der Waals surface area contributed by atoms with Gasteiger partial charge >= 0.3 is 0 Å². The molecule has 2 aromatic heterocycles. The molecule has 0 amide bonds. The Kier molecular flexibility index (Phi) is 4.52. The molecule has 0 bridgehead atoms. The van der Waals surface area contributed by atoms with Crippen molar-refractivity contribution in [3.8, 4) is 5.95 Å². The minimum Gasteiger partial charge on any atom is -0.292 e. The molecule has 0 radical (unpaired) electrons. The number of nitrogens with zero attached hydrogens (tertiary/aromatic N) is 5. The van der Waals surface area contributed by atoms with Gasteiger partial charge in [-0.15, -0.1) is 0 Å². The van der Waals surface area contributed by atoms with E-state index in [1.807, 2.05) is 0 Å². The Morgan fingerprint density at radius 1 is 1.40 bits per heavy atom. The van der Waals surface area contributed by atoms with Gasteiger partial charge in [0.05, 0.1) is 5.75 Å². The maximum Gasteiger partial charge on any atom is 0.242 e. The van der Waals surface area contributed by atoms with Crippen LogP contribution >= 0.6 is 11.8 Å². The van der Waals surface area contributed by atoms with Gasteiger partial charge in [0.15, 0.2) is 5.16 Å². The molecule has 0 saturated carbocycles. The van der Waals surface area contributed by atoms with E-state index >= 15 is 0 Å². The van der Waals surface area contributed by atoms with Crippen molar-refractivity contribution in [1.29, 1.82) is 0 Å². The van der Waals surface area contributed by atoms with Crippen molar-refractivity contribution in [3.63, 3.8) is 0 Å². The second-order valence-electron chi connectivity index (χ2n) is 3.83. The third-order valence-electron chi connectivity index (χ3n) is 2.15. The van der Waals surface area contributed by atoms with E-state index in [4.69, 9.17) is 5.84 Å². The number of aromatic nitrogens is 5. The molecule has 0 aliphatic carbocycles. The number of anilines is 1. The fourth-order valence-corrected chi connectivity index (χ4v) is 3.28. The minimum absolute atomic E-state index is 0.0507. The van der Waals surface area contributed by atoms with Gasteiger partial charge in [-0.3, -0.25) is 9.99 Å². The number of nitrogens with one attached hydrogen (secondary N) is 1. The number of thioether (sulfide) groups is 1. The van der Waals surface area contributed by atoms with Crippen LogP contribution in [0.3, 0.4) is 0 Å². The van der Waals surface area contributed by atoms with Gasteiger partial charge in [-0.25, -0.2) is 19.2 Å². The zero-order valence-electron chi connectivity index (χ0n) is 10.6. The highest BCUT2D eigenvalue weighted by Crippen LogP contribution is 2.16. The van der Waals surface area contributed by atoms with Crippen LogP contribution in [0.2, 0.25) is 0 Å². The van der Waals surface area contributed by atoms with Crippen LogP contribution in [0.1, 0.15) is 0 Å². The maximum atomic E-state index is 11.1. The second-order valence-corrected chi connectivity index (χ2v) is 7.16. The lowest BCUT2D eigenvalue weighted by atomic mass is 10.8. The van der Waals surface area contributed by atoms with Gasteiger partial charge in [-0.2, -0.15) is 15.0 Å². The number of nitrogen functional groups attached to an aromatic ring is 1. The molecule has 2 heterocycles. The Balaban J connectivity index is 2.18. The third-order valence-corrected chi connectivity index (χ3v) is 4.21. The molecule has 0 unspecified atom stereocenters. The van der Waals surface area contributed by atoms with Gasteiger partial charge in [-0.05, 0) is 0 Å². The van der Waals surface area contributed by atoms with Gasteiger partial charge < -0.3 is 0 Å². The molecule has 0 fully saturated rings. The molecule has 2 aromatic rings. The first kappa shape index (κ1) is 14.7. The molecule has 0 aliphatic rings. The summed E-state index contributed by atoms with van der Waals surface area (Å²) in [5.41, 5.74) is 2.35. The summed E-state index contributed by atoms with van der Waals surface area (Å²) in [6.07, 6.45) is 6.00. The lowest BCUT2D eigenvalue weighted by Gasteiger charge is -2.06. The van der Waals surface area contributed by atoms with Crippen LogP contribution in [0.15, 0.2) is 23.9 Å². The summed E-state index contributed by atoms with van der Waals surface area (Å²) in [4.78, 5) is 16.3. The zero-order valence-corrected chi connectivity index (χ0v) is 12.2. The number of hydrogen-bond acceptors (Lipinski definition) is 9. The standard InChI is InChI=1S/C9H13N7O2S2/c1-20(17,18)5-4-19-9-13-7(15-10)12-8(14-9)16-3-2-11-6-16/h2-3,6H,4-5,10H2,1H3,(H,12,13,14,15). The van der Waals surface area contributed by atoms with Crippen LogP contribution < -0.4 is 11.3 Å². The second kappa shape index (κ2) is 6.15. The Morgan fingerprint density at radius 3 is 2.80 bits per heavy atom. The van der Waals surface area contributed by atoms with Crippen molar-refractivity contribution in [1.82, 2.24) is 24.5 Å². The first-order chi connectivity index (χ1) is 9.48. The largest absolute Gasteiger partial charge is 0.292 e. The quantitative estimate of drug-likeness (QED) is 0.411. The van der Waals surface area contributed by atoms with Crippen LogP contribution in [-0.2, 0) is 9.84 Å². The first-order valence-electron chi connectivity index (χ1n) is 5.49. The van der Waals surface area contributed by atoms with Gasteiger partial charge in [0.1, 0.15) is 16.2 Å². The summed E-state index contributed by atoms with van der Waals surface area (Å²) < 4.78 is 23.8. The highest BCUT2D eigenvalue weighted by molar-refractivity contribution is 8.00. The van der Waals surface area contributed by atoms with Crippen molar-refractivity contribution < 1.29 is 8.42 Å². The molecule has 9 nitrogen and oxygen atoms in total. The average molecular weight is 315 g/mol. The summed E-state index contributed by atoms with van der Waals surface area (Å²) in [5.74, 6) is 6.27. The van der Waals surface area contributed by atoms with Crippen LogP contribution in [0, 0.1) is 0 Å². The Morgan fingerprint density at radius 2 is 2.20 bits per heavy atom. The molecule has 0 aromatic carbocycles. The van der Waals surface area contributed by atoms with Crippen LogP contribution in [0.5, 0.6) is 0 Å². The molecule has 0 spiro atoms. The fraction of sp³-hybridized carbons (Fsp3) is 0.333. The van der Waals surface area contributed by atoms with Crippen LogP contribution in [-0.4, -0.2) is 50.7 Å². The summed E-state index contributed by atoms with van der Waals surface area (Å²) >= 11 is 1.22. The van der Waals surface area contributed by atoms with Crippen molar-refractivity contribution in [2.45, 2.75) is 5.16 Å². The van der Waals surface area contributed by atoms with Crippen molar-refractivity contribution >= 4 is 27.5 Å². The van der Waals surface area contributed by atoms with Crippen LogP contribution in [0.25, 0.3) is 5.95 Å². The number of nitrogens with two attached hydrogens (primary N) is 1. The topological polar surface area (TPSA) is 129 Å². The van der Waals surface area contributed by atoms with Crippen molar-refractivity contribution in [2.24, 2.45) is 5.84 Å². The number of rotatable bonds is 6. The van der Waals surface area contributed by atoms with Crippen molar-refractivity contribution in [2.75, 3.05) is 23.2 Å². The maximum absolute atomic E-state index is 11.1. The number of sulfone groups is 1. The van der Waals surface area contributed by atoms with Gasteiger partial charge in [0.25, 0.3) is 0 Å². The zero-order chi connectivity index (χ0) is 14.6. The van der Waals surface area contributed by atoms with Crippen LogP contribution in [0.4, 0.5) is 5.95 Å². The Bertz CT molecular complexity index is 672. The summed E-state index contributed by atoms with van der Waals surface area (Å²) in [5, 5.41) is 0.389.